The molecule has 10 aromatic rings. The Labute approximate surface area is 555 Å². The molecule has 0 saturated heterocycles. The van der Waals surface area contributed by atoms with Crippen LogP contribution >= 0.6 is 0 Å². The first-order valence-corrected chi connectivity index (χ1v) is 32.8. The van der Waals surface area contributed by atoms with Gasteiger partial charge in [-0.3, -0.25) is 0 Å². The van der Waals surface area contributed by atoms with Crippen LogP contribution < -0.4 is 23.7 Å². The van der Waals surface area contributed by atoms with Crippen LogP contribution in [0.4, 0.5) is 0 Å². The molecule has 5 nitrogen and oxygen atoms in total. The van der Waals surface area contributed by atoms with Gasteiger partial charge in [0.25, 0.3) is 0 Å². The Hall–Kier alpha value is -10.7. The molecule has 5 atom stereocenters. The van der Waals surface area contributed by atoms with Crippen LogP contribution in [0.3, 0.4) is 0 Å². The van der Waals surface area contributed by atoms with Gasteiger partial charge >= 0.3 is 0 Å². The van der Waals surface area contributed by atoms with Crippen molar-refractivity contribution in [1.29, 1.82) is 0 Å². The molecule has 10 aromatic carbocycles. The molecule has 0 fully saturated rings. The minimum atomic E-state index is -0.199. The largest absolute Gasteiger partial charge is 0.485 e. The van der Waals surface area contributed by atoms with E-state index < -0.39 is 0 Å². The van der Waals surface area contributed by atoms with Crippen LogP contribution in [0.2, 0.25) is 0 Å². The summed E-state index contributed by atoms with van der Waals surface area (Å²) in [6.45, 7) is 20.5. The molecule has 0 aliphatic heterocycles. The van der Waals surface area contributed by atoms with Crippen molar-refractivity contribution in [3.63, 3.8) is 0 Å². The summed E-state index contributed by atoms with van der Waals surface area (Å²) in [6, 6.07) is 74.3. The molecule has 464 valence electrons. The predicted molar refractivity (Wildman–Crippen MR) is 382 cm³/mol. The third kappa shape index (κ3) is 13.1. The Bertz CT molecular complexity index is 4340. The zero-order valence-electron chi connectivity index (χ0n) is 53.8. The number of rotatable bonds is 21. The number of allylic oxidation sites excluding steroid dienone is 4. The van der Waals surface area contributed by atoms with Gasteiger partial charge in [0.05, 0.1) is 0 Å². The Morgan fingerprint density at radius 3 is 0.915 bits per heavy atom. The smallest absolute Gasteiger partial charge is 0.128 e. The maximum atomic E-state index is 6.50. The third-order valence-electron chi connectivity index (χ3n) is 19.1. The Morgan fingerprint density at radius 2 is 0.628 bits per heavy atom. The van der Waals surface area contributed by atoms with Crippen molar-refractivity contribution in [2.24, 2.45) is 0 Å². The van der Waals surface area contributed by atoms with E-state index in [0.717, 1.165) is 109 Å². The van der Waals surface area contributed by atoms with E-state index in [1.807, 2.05) is 54.6 Å². The molecule has 0 heterocycles. The molecule has 5 aliphatic carbocycles. The first kappa shape index (κ1) is 62.1. The molecule has 0 spiro atoms. The van der Waals surface area contributed by atoms with Crippen molar-refractivity contribution in [1.82, 2.24) is 0 Å². The van der Waals surface area contributed by atoms with Gasteiger partial charge in [-0.2, -0.15) is 0 Å². The number of hydrogen-bond acceptors (Lipinski definition) is 5. The molecule has 0 aromatic heterocycles. The fourth-order valence-corrected chi connectivity index (χ4v) is 13.5. The standard InChI is InChI=1S/C37H36O2.C34H30O2.C18H12O/c1-5-11-27-21-29(17-19-33(27)38-35-23-25-13-7-9-15-31(25)35)37(3,4)30-18-20-34(28(22-30)12-6-2)39-36-24-26-14-8-10-16-32(26)36;1-3-9-27-19-23(15-17-31(27)35-33-21-25-11-5-7-13-29(25)33)24-16-18-32(28(20-24)10-4-2)36-34-22-26-12-6-8-14-30(26)34;1-3-13-9-14(4-2)11-16(10-13)19-18-12-15-7-5-6-8-17(15)18/h5-10,13-22,35-36H,1-2,11-12,23-24H2,3-4H3;3-8,11-20,33-34H,1-2,9-10,21-22H2;1-2,5-11,18H,12H2. The lowest BCUT2D eigenvalue weighted by Crippen LogP contribution is -2.24. The summed E-state index contributed by atoms with van der Waals surface area (Å²) < 4.78 is 31.9. The summed E-state index contributed by atoms with van der Waals surface area (Å²) in [5.74, 6) is 9.70. The summed E-state index contributed by atoms with van der Waals surface area (Å²) >= 11 is 0. The van der Waals surface area contributed by atoms with Crippen molar-refractivity contribution >= 4 is 0 Å². The van der Waals surface area contributed by atoms with Crippen molar-refractivity contribution in [2.45, 2.75) is 108 Å². The molecule has 0 saturated carbocycles. The number of ether oxygens (including phenoxy) is 5. The maximum absolute atomic E-state index is 6.50. The quantitative estimate of drug-likeness (QED) is 0.0530. The average molecular weight is 1230 g/mol. The second-order valence-corrected chi connectivity index (χ2v) is 25.5. The molecule has 0 amide bonds. The van der Waals surface area contributed by atoms with Crippen LogP contribution in [0.25, 0.3) is 11.1 Å². The van der Waals surface area contributed by atoms with E-state index in [0.29, 0.717) is 0 Å². The van der Waals surface area contributed by atoms with Crippen LogP contribution in [0, 0.1) is 24.7 Å². The molecule has 15 rings (SSSR count). The lowest BCUT2D eigenvalue weighted by molar-refractivity contribution is 0.179. The van der Waals surface area contributed by atoms with E-state index in [4.69, 9.17) is 36.5 Å². The van der Waals surface area contributed by atoms with E-state index in [2.05, 4.69) is 234 Å². The average Bonchev–Trinajstić information content (AvgIpc) is 0.826. The van der Waals surface area contributed by atoms with Crippen molar-refractivity contribution < 1.29 is 23.7 Å². The zero-order chi connectivity index (χ0) is 64.7. The van der Waals surface area contributed by atoms with Gasteiger partial charge < -0.3 is 23.7 Å². The van der Waals surface area contributed by atoms with E-state index >= 15 is 0 Å². The first-order chi connectivity index (χ1) is 46.0. The topological polar surface area (TPSA) is 46.2 Å². The van der Waals surface area contributed by atoms with E-state index in [1.54, 1.807) is 0 Å². The number of hydrogen-bond donors (Lipinski definition) is 0. The first-order valence-electron chi connectivity index (χ1n) is 32.8. The highest BCUT2D eigenvalue weighted by molar-refractivity contribution is 5.68. The highest BCUT2D eigenvalue weighted by Crippen LogP contribution is 2.45. The number of fused-ring (bicyclic) bond motifs is 5. The minimum absolute atomic E-state index is 0.106. The molecular weight excluding hydrogens is 1150 g/mol. The SMILES string of the molecule is C#Cc1cc(C#C)cc(OC2Cc3ccccc32)c1.C=CCc1cc(-c2ccc(OC3Cc4ccccc43)c(CC=C)c2)ccc1OC1Cc2ccccc21.C=CCc1cc(C(C)(C)c2ccc(OC3Cc4ccccc43)c(CC=C)c2)ccc1OC1Cc2ccccc21. The van der Waals surface area contributed by atoms with Crippen LogP contribution in [-0.4, -0.2) is 0 Å². The van der Waals surface area contributed by atoms with Crippen LogP contribution in [-0.2, 0) is 63.2 Å². The predicted octanol–water partition coefficient (Wildman–Crippen LogP) is 20.3. The summed E-state index contributed by atoms with van der Waals surface area (Å²) in [7, 11) is 0. The van der Waals surface area contributed by atoms with Crippen LogP contribution in [0.5, 0.6) is 28.7 Å². The normalized spacial score (nSPS) is 16.8. The Morgan fingerprint density at radius 1 is 0.351 bits per heavy atom. The van der Waals surface area contributed by atoms with Gasteiger partial charge in [-0.15, -0.1) is 39.2 Å². The van der Waals surface area contributed by atoms with E-state index in [-0.39, 0.29) is 35.9 Å². The van der Waals surface area contributed by atoms with Gasteiger partial charge in [0.15, 0.2) is 0 Å². The monoisotopic (exact) mass is 1230 g/mol. The summed E-state index contributed by atoms with van der Waals surface area (Å²) in [5.41, 5.74) is 24.1. The molecule has 0 N–H and O–H groups in total. The maximum Gasteiger partial charge on any atom is 0.128 e. The van der Waals surface area contributed by atoms with Gasteiger partial charge in [0, 0.05) is 48.6 Å². The molecule has 5 heteroatoms. The fourth-order valence-electron chi connectivity index (χ4n) is 13.5. The Balaban J connectivity index is 0.000000135. The summed E-state index contributed by atoms with van der Waals surface area (Å²) in [6.07, 6.45) is 27.1. The van der Waals surface area contributed by atoms with E-state index in [9.17, 15) is 0 Å². The van der Waals surface area contributed by atoms with Gasteiger partial charge in [-0.25, -0.2) is 0 Å². The van der Waals surface area contributed by atoms with Crippen LogP contribution in [0.1, 0.15) is 145 Å². The van der Waals surface area contributed by atoms with E-state index in [1.165, 1.54) is 89.0 Å². The van der Waals surface area contributed by atoms with Gasteiger partial charge in [-0.1, -0.05) is 208 Å². The van der Waals surface area contributed by atoms with Gasteiger partial charge in [0.1, 0.15) is 59.3 Å². The molecule has 0 bridgehead atoms. The minimum Gasteiger partial charge on any atom is -0.485 e. The van der Waals surface area contributed by atoms with Crippen LogP contribution in [0.15, 0.2) is 263 Å². The molecular formula is C89H78O5. The summed E-state index contributed by atoms with van der Waals surface area (Å²) in [4.78, 5) is 0. The molecule has 94 heavy (non-hydrogen) atoms. The second kappa shape index (κ2) is 27.6. The summed E-state index contributed by atoms with van der Waals surface area (Å²) in [5, 5.41) is 0. The van der Waals surface area contributed by atoms with Gasteiger partial charge in [-0.05, 0) is 180 Å². The number of benzene rings is 10. The highest BCUT2D eigenvalue weighted by Gasteiger charge is 2.33. The number of terminal acetylenes is 2. The molecule has 5 aliphatic rings. The fraction of sp³-hybridized carbons (Fsp3) is 0.191. The second-order valence-electron chi connectivity index (χ2n) is 25.5. The lowest BCUT2D eigenvalue weighted by atomic mass is 9.76. The van der Waals surface area contributed by atoms with Crippen molar-refractivity contribution in [2.75, 3.05) is 0 Å². The zero-order valence-corrected chi connectivity index (χ0v) is 53.8. The lowest BCUT2D eigenvalue weighted by Gasteiger charge is -2.33. The van der Waals surface area contributed by atoms with Crippen molar-refractivity contribution in [3.8, 4) is 64.6 Å². The van der Waals surface area contributed by atoms with Gasteiger partial charge in [0.2, 0.25) is 0 Å². The Kier molecular flexibility index (Phi) is 18.3. The highest BCUT2D eigenvalue weighted by atomic mass is 16.5. The third-order valence-corrected chi connectivity index (χ3v) is 19.1. The molecule has 5 unspecified atom stereocenters. The molecule has 0 radical (unpaired) electrons. The van der Waals surface area contributed by atoms with Crippen molar-refractivity contribution in [3.05, 3.63) is 363 Å².